The van der Waals surface area contributed by atoms with Crippen LogP contribution in [0.25, 0.3) is 0 Å². The Morgan fingerprint density at radius 3 is 2.64 bits per heavy atom. The normalized spacial score (nSPS) is 32.0. The van der Waals surface area contributed by atoms with Crippen LogP contribution in [0.15, 0.2) is 55.1 Å². The van der Waals surface area contributed by atoms with Crippen molar-refractivity contribution in [3.8, 4) is 0 Å². The van der Waals surface area contributed by atoms with E-state index in [9.17, 15) is 10.2 Å². The highest BCUT2D eigenvalue weighted by Gasteiger charge is 2.52. The standard InChI is InChI=1S/C18H23IO3/c1-3-9-17(21)12-14(2)16(20)18(13-17,22-11-10-19)15-7-5-4-6-8-15/h3-8,16,20-21H,1-2,9-13H2/t16-,17+,18-/m0/s1. The second-order valence-corrected chi connectivity index (χ2v) is 7.00. The molecule has 1 aliphatic carbocycles. The summed E-state index contributed by atoms with van der Waals surface area (Å²) in [5, 5.41) is 21.7. The molecule has 0 saturated heterocycles. The molecule has 2 N–H and O–H groups in total. The first kappa shape index (κ1) is 17.7. The molecule has 0 amide bonds. The second kappa shape index (κ2) is 7.25. The number of ether oxygens (including phenoxy) is 1. The molecule has 1 aliphatic rings. The van der Waals surface area contributed by atoms with Crippen LogP contribution in [0.3, 0.4) is 0 Å². The van der Waals surface area contributed by atoms with E-state index in [0.29, 0.717) is 31.4 Å². The van der Waals surface area contributed by atoms with E-state index in [2.05, 4.69) is 35.7 Å². The maximum Gasteiger partial charge on any atom is 0.125 e. The summed E-state index contributed by atoms with van der Waals surface area (Å²) in [5.41, 5.74) is -0.470. The van der Waals surface area contributed by atoms with E-state index in [1.165, 1.54) is 0 Å². The highest BCUT2D eigenvalue weighted by molar-refractivity contribution is 14.1. The van der Waals surface area contributed by atoms with E-state index >= 15 is 0 Å². The van der Waals surface area contributed by atoms with Gasteiger partial charge in [-0.15, -0.1) is 6.58 Å². The van der Waals surface area contributed by atoms with Crippen LogP contribution in [-0.2, 0) is 10.3 Å². The molecule has 1 fully saturated rings. The summed E-state index contributed by atoms with van der Waals surface area (Å²) in [5.74, 6) is 0. The molecule has 0 bridgehead atoms. The molecule has 1 saturated carbocycles. The van der Waals surface area contributed by atoms with Gasteiger partial charge in [0.15, 0.2) is 0 Å². The molecule has 0 radical (unpaired) electrons. The van der Waals surface area contributed by atoms with Crippen LogP contribution in [0.2, 0.25) is 0 Å². The van der Waals surface area contributed by atoms with E-state index in [4.69, 9.17) is 4.74 Å². The van der Waals surface area contributed by atoms with Crippen LogP contribution in [0, 0.1) is 0 Å². The van der Waals surface area contributed by atoms with Gasteiger partial charge in [-0.25, -0.2) is 0 Å². The lowest BCUT2D eigenvalue weighted by atomic mass is 9.67. The molecule has 1 aromatic carbocycles. The topological polar surface area (TPSA) is 49.7 Å². The lowest BCUT2D eigenvalue weighted by molar-refractivity contribution is -0.172. The Kier molecular flexibility index (Phi) is 5.82. The van der Waals surface area contributed by atoms with Gasteiger partial charge in [0.25, 0.3) is 0 Å². The van der Waals surface area contributed by atoms with Gasteiger partial charge in [-0.1, -0.05) is 65.6 Å². The molecule has 22 heavy (non-hydrogen) atoms. The Labute approximate surface area is 145 Å². The number of halogens is 1. The van der Waals surface area contributed by atoms with E-state index < -0.39 is 17.3 Å². The quantitative estimate of drug-likeness (QED) is 0.427. The molecule has 3 nitrogen and oxygen atoms in total. The summed E-state index contributed by atoms with van der Waals surface area (Å²) >= 11 is 2.24. The zero-order valence-corrected chi connectivity index (χ0v) is 14.8. The second-order valence-electron chi connectivity index (χ2n) is 5.92. The highest BCUT2D eigenvalue weighted by Crippen LogP contribution is 2.48. The maximum atomic E-state index is 10.9. The lowest BCUT2D eigenvalue weighted by Gasteiger charge is -2.49. The fraction of sp³-hybridized carbons (Fsp3) is 0.444. The third-order valence-electron chi connectivity index (χ3n) is 4.20. The van der Waals surface area contributed by atoms with Crippen LogP contribution in [-0.4, -0.2) is 33.0 Å². The van der Waals surface area contributed by atoms with Crippen molar-refractivity contribution < 1.29 is 14.9 Å². The van der Waals surface area contributed by atoms with Gasteiger partial charge in [0, 0.05) is 10.8 Å². The fourth-order valence-electron chi connectivity index (χ4n) is 3.32. The smallest absolute Gasteiger partial charge is 0.125 e. The molecule has 1 aromatic rings. The Balaban J connectivity index is 2.48. The largest absolute Gasteiger partial charge is 0.389 e. The molecule has 120 valence electrons. The molecular weight excluding hydrogens is 391 g/mol. The third-order valence-corrected chi connectivity index (χ3v) is 4.64. The summed E-state index contributed by atoms with van der Waals surface area (Å²) in [6, 6.07) is 9.63. The number of rotatable bonds is 6. The van der Waals surface area contributed by atoms with Crippen LogP contribution < -0.4 is 0 Å². The monoisotopic (exact) mass is 414 g/mol. The minimum Gasteiger partial charge on any atom is -0.389 e. The third kappa shape index (κ3) is 3.45. The SMILES string of the molecule is C=CC[C@@]1(O)CC(=C)[C@H](O)[C@@](OCCI)(c2ccccc2)C1. The van der Waals surface area contributed by atoms with Crippen LogP contribution in [0.1, 0.15) is 24.8 Å². The minimum atomic E-state index is -0.987. The van der Waals surface area contributed by atoms with Crippen molar-refractivity contribution in [2.45, 2.75) is 36.6 Å². The average Bonchev–Trinajstić information content (AvgIpc) is 2.50. The van der Waals surface area contributed by atoms with Gasteiger partial charge in [-0.2, -0.15) is 0 Å². The van der Waals surface area contributed by atoms with Gasteiger partial charge in [-0.3, -0.25) is 0 Å². The Bertz CT molecular complexity index is 530. The molecule has 2 rings (SSSR count). The number of hydrogen-bond donors (Lipinski definition) is 2. The summed E-state index contributed by atoms with van der Waals surface area (Å²) in [4.78, 5) is 0. The zero-order valence-electron chi connectivity index (χ0n) is 12.7. The molecule has 0 spiro atoms. The minimum absolute atomic E-state index is 0.326. The Hall–Kier alpha value is -0.690. The molecule has 0 unspecified atom stereocenters. The van der Waals surface area contributed by atoms with Gasteiger partial charge >= 0.3 is 0 Å². The highest BCUT2D eigenvalue weighted by atomic mass is 127. The molecular formula is C18H23IO3. The van der Waals surface area contributed by atoms with E-state index in [-0.39, 0.29) is 0 Å². The van der Waals surface area contributed by atoms with Crippen molar-refractivity contribution >= 4 is 22.6 Å². The summed E-state index contributed by atoms with van der Waals surface area (Å²) in [6.07, 6.45) is 2.01. The number of alkyl halides is 1. The Morgan fingerprint density at radius 2 is 2.05 bits per heavy atom. The molecule has 0 aliphatic heterocycles. The van der Waals surface area contributed by atoms with E-state index in [1.807, 2.05) is 30.3 Å². The van der Waals surface area contributed by atoms with Crippen molar-refractivity contribution in [3.05, 3.63) is 60.7 Å². The van der Waals surface area contributed by atoms with Crippen molar-refractivity contribution in [1.29, 1.82) is 0 Å². The van der Waals surface area contributed by atoms with Crippen LogP contribution >= 0.6 is 22.6 Å². The average molecular weight is 414 g/mol. The van der Waals surface area contributed by atoms with Crippen molar-refractivity contribution in [3.63, 3.8) is 0 Å². The number of aliphatic hydroxyl groups is 2. The number of hydrogen-bond acceptors (Lipinski definition) is 3. The molecule has 0 heterocycles. The van der Waals surface area contributed by atoms with Crippen LogP contribution in [0.4, 0.5) is 0 Å². The van der Waals surface area contributed by atoms with Crippen LogP contribution in [0.5, 0.6) is 0 Å². The van der Waals surface area contributed by atoms with Gasteiger partial charge in [0.2, 0.25) is 0 Å². The van der Waals surface area contributed by atoms with Gasteiger partial charge in [0.05, 0.1) is 12.2 Å². The zero-order chi connectivity index (χ0) is 16.2. The maximum absolute atomic E-state index is 10.9. The summed E-state index contributed by atoms with van der Waals surface area (Å²) in [6.45, 7) is 8.21. The molecule has 3 atom stereocenters. The summed E-state index contributed by atoms with van der Waals surface area (Å²) in [7, 11) is 0. The van der Waals surface area contributed by atoms with Gasteiger partial charge in [0.1, 0.15) is 11.7 Å². The fourth-order valence-corrected chi connectivity index (χ4v) is 3.54. The Morgan fingerprint density at radius 1 is 1.36 bits per heavy atom. The van der Waals surface area contributed by atoms with Gasteiger partial charge < -0.3 is 14.9 Å². The van der Waals surface area contributed by atoms with Crippen molar-refractivity contribution in [2.24, 2.45) is 0 Å². The first-order valence-electron chi connectivity index (χ1n) is 7.42. The first-order valence-corrected chi connectivity index (χ1v) is 8.94. The lowest BCUT2D eigenvalue weighted by Crippen LogP contribution is -2.54. The molecule has 4 heteroatoms. The van der Waals surface area contributed by atoms with Crippen molar-refractivity contribution in [2.75, 3.05) is 11.0 Å². The number of aliphatic hydroxyl groups excluding tert-OH is 1. The van der Waals surface area contributed by atoms with E-state index in [0.717, 1.165) is 9.99 Å². The number of benzene rings is 1. The van der Waals surface area contributed by atoms with Crippen molar-refractivity contribution in [1.82, 2.24) is 0 Å². The van der Waals surface area contributed by atoms with Gasteiger partial charge in [-0.05, 0) is 24.0 Å². The summed E-state index contributed by atoms with van der Waals surface area (Å²) < 4.78 is 6.93. The predicted molar refractivity (Wildman–Crippen MR) is 97.1 cm³/mol. The first-order chi connectivity index (χ1) is 10.5. The van der Waals surface area contributed by atoms with E-state index in [1.54, 1.807) is 6.08 Å². The predicted octanol–water partition coefficient (Wildman–Crippen LogP) is 3.35. The molecule has 0 aromatic heterocycles.